The van der Waals surface area contributed by atoms with E-state index < -0.39 is 6.04 Å². The van der Waals surface area contributed by atoms with Gasteiger partial charge in [0.25, 0.3) is 5.91 Å². The summed E-state index contributed by atoms with van der Waals surface area (Å²) in [5.41, 5.74) is 0.420. The number of nitrogens with zero attached hydrogens (tertiary/aromatic N) is 1. The Morgan fingerprint density at radius 1 is 1.50 bits per heavy atom. The summed E-state index contributed by atoms with van der Waals surface area (Å²) in [4.78, 5) is 25.9. The van der Waals surface area contributed by atoms with E-state index in [9.17, 15) is 14.0 Å². The molecule has 108 valence electrons. The molecule has 20 heavy (non-hydrogen) atoms. The Kier molecular flexibility index (Phi) is 4.95. The van der Waals surface area contributed by atoms with Gasteiger partial charge in [-0.2, -0.15) is 0 Å². The molecule has 0 aliphatic carbocycles. The van der Waals surface area contributed by atoms with Crippen molar-refractivity contribution in [3.63, 3.8) is 0 Å². The Morgan fingerprint density at radius 3 is 2.90 bits per heavy atom. The molecule has 1 aliphatic heterocycles. The second-order valence-corrected chi connectivity index (χ2v) is 5.69. The fraction of sp³-hybridized carbons (Fsp3) is 0.429. The third kappa shape index (κ3) is 3.11. The SMILES string of the molecule is CCOC(=O)C1CCCN1C(=O)c1ccc(F)cc1I. The molecule has 2 rings (SSSR count). The first-order valence-electron chi connectivity index (χ1n) is 6.47. The summed E-state index contributed by atoms with van der Waals surface area (Å²) < 4.78 is 18.6. The van der Waals surface area contributed by atoms with E-state index in [4.69, 9.17) is 4.74 Å². The van der Waals surface area contributed by atoms with Crippen LogP contribution >= 0.6 is 22.6 Å². The molecule has 0 N–H and O–H groups in total. The minimum Gasteiger partial charge on any atom is -0.464 e. The third-order valence-electron chi connectivity index (χ3n) is 3.23. The lowest BCUT2D eigenvalue weighted by molar-refractivity contribution is -0.147. The van der Waals surface area contributed by atoms with E-state index in [0.717, 1.165) is 6.42 Å². The number of benzene rings is 1. The van der Waals surface area contributed by atoms with Gasteiger partial charge in [0.2, 0.25) is 0 Å². The van der Waals surface area contributed by atoms with Gasteiger partial charge in [-0.1, -0.05) is 0 Å². The van der Waals surface area contributed by atoms with Gasteiger partial charge in [-0.05, 0) is 60.6 Å². The zero-order valence-electron chi connectivity index (χ0n) is 11.1. The summed E-state index contributed by atoms with van der Waals surface area (Å²) in [6, 6.07) is 3.50. The second kappa shape index (κ2) is 6.51. The number of halogens is 2. The predicted molar refractivity (Wildman–Crippen MR) is 79.8 cm³/mol. The van der Waals surface area contributed by atoms with Gasteiger partial charge in [-0.15, -0.1) is 0 Å². The van der Waals surface area contributed by atoms with E-state index in [-0.39, 0.29) is 17.7 Å². The second-order valence-electron chi connectivity index (χ2n) is 4.53. The van der Waals surface area contributed by atoms with Crippen LogP contribution in [0.15, 0.2) is 18.2 Å². The first-order valence-corrected chi connectivity index (χ1v) is 7.55. The third-order valence-corrected chi connectivity index (χ3v) is 4.13. The number of hydrogen-bond acceptors (Lipinski definition) is 3. The Hall–Kier alpha value is -1.18. The molecular weight excluding hydrogens is 376 g/mol. The number of carbonyl (C=O) groups is 2. The highest BCUT2D eigenvalue weighted by molar-refractivity contribution is 14.1. The summed E-state index contributed by atoms with van der Waals surface area (Å²) in [6.45, 7) is 2.56. The van der Waals surface area contributed by atoms with E-state index in [0.29, 0.717) is 28.7 Å². The van der Waals surface area contributed by atoms with Crippen molar-refractivity contribution >= 4 is 34.5 Å². The van der Waals surface area contributed by atoms with E-state index in [1.807, 2.05) is 22.6 Å². The van der Waals surface area contributed by atoms with Crippen molar-refractivity contribution in [3.05, 3.63) is 33.1 Å². The van der Waals surface area contributed by atoms with Gasteiger partial charge >= 0.3 is 5.97 Å². The average molecular weight is 391 g/mol. The Balaban J connectivity index is 2.21. The van der Waals surface area contributed by atoms with E-state index in [1.54, 1.807) is 6.92 Å². The van der Waals surface area contributed by atoms with Crippen molar-refractivity contribution in [2.24, 2.45) is 0 Å². The topological polar surface area (TPSA) is 46.6 Å². The van der Waals surface area contributed by atoms with Crippen LogP contribution in [0.5, 0.6) is 0 Å². The van der Waals surface area contributed by atoms with Gasteiger partial charge in [0, 0.05) is 10.1 Å². The van der Waals surface area contributed by atoms with Gasteiger partial charge in [0.05, 0.1) is 12.2 Å². The molecule has 1 atom stereocenters. The summed E-state index contributed by atoms with van der Waals surface area (Å²) in [6.07, 6.45) is 1.38. The maximum Gasteiger partial charge on any atom is 0.328 e. The number of rotatable bonds is 3. The van der Waals surface area contributed by atoms with Gasteiger partial charge in [-0.3, -0.25) is 4.79 Å². The number of carbonyl (C=O) groups excluding carboxylic acids is 2. The maximum absolute atomic E-state index is 13.1. The minimum absolute atomic E-state index is 0.245. The zero-order valence-corrected chi connectivity index (χ0v) is 13.2. The van der Waals surface area contributed by atoms with Gasteiger partial charge in [-0.25, -0.2) is 9.18 Å². The first-order chi connectivity index (χ1) is 9.54. The molecule has 0 bridgehead atoms. The van der Waals surface area contributed by atoms with Gasteiger partial charge in [0.1, 0.15) is 11.9 Å². The normalized spacial score (nSPS) is 18.1. The van der Waals surface area contributed by atoms with Crippen LogP contribution in [-0.2, 0) is 9.53 Å². The van der Waals surface area contributed by atoms with Crippen LogP contribution in [0.4, 0.5) is 4.39 Å². The van der Waals surface area contributed by atoms with Gasteiger partial charge < -0.3 is 9.64 Å². The smallest absolute Gasteiger partial charge is 0.328 e. The van der Waals surface area contributed by atoms with Crippen molar-refractivity contribution in [2.75, 3.05) is 13.2 Å². The van der Waals surface area contributed by atoms with E-state index in [2.05, 4.69) is 0 Å². The molecule has 6 heteroatoms. The van der Waals surface area contributed by atoms with Crippen molar-refractivity contribution in [1.82, 2.24) is 4.90 Å². The largest absolute Gasteiger partial charge is 0.464 e. The molecule has 1 aromatic rings. The standard InChI is InChI=1S/C14H15FINO3/c1-2-20-14(19)12-4-3-7-17(12)13(18)10-6-5-9(15)8-11(10)16/h5-6,8,12H,2-4,7H2,1H3. The van der Waals surface area contributed by atoms with Crippen LogP contribution in [0.2, 0.25) is 0 Å². The summed E-state index contributed by atoms with van der Waals surface area (Å²) in [5.74, 6) is -0.991. The lowest BCUT2D eigenvalue weighted by Gasteiger charge is -2.23. The van der Waals surface area contributed by atoms with Gasteiger partial charge in [0.15, 0.2) is 0 Å². The molecule has 0 aromatic heterocycles. The maximum atomic E-state index is 13.1. The Bertz CT molecular complexity index is 535. The molecule has 1 fully saturated rings. The molecule has 1 amide bonds. The van der Waals surface area contributed by atoms with E-state index in [1.165, 1.54) is 23.1 Å². The fourth-order valence-electron chi connectivity index (χ4n) is 2.31. The molecule has 0 spiro atoms. The summed E-state index contributed by atoms with van der Waals surface area (Å²) in [5, 5.41) is 0. The number of hydrogen-bond donors (Lipinski definition) is 0. The average Bonchev–Trinajstić information content (AvgIpc) is 2.87. The van der Waals surface area contributed by atoms with E-state index >= 15 is 0 Å². The van der Waals surface area contributed by atoms with Crippen LogP contribution in [0.3, 0.4) is 0 Å². The lowest BCUT2D eigenvalue weighted by Crippen LogP contribution is -2.41. The highest BCUT2D eigenvalue weighted by atomic mass is 127. The van der Waals surface area contributed by atoms with Crippen LogP contribution in [0.1, 0.15) is 30.1 Å². The first kappa shape index (κ1) is 15.2. The zero-order chi connectivity index (χ0) is 14.7. The highest BCUT2D eigenvalue weighted by Crippen LogP contribution is 2.23. The molecule has 0 saturated carbocycles. The molecule has 4 nitrogen and oxygen atoms in total. The van der Waals surface area contributed by atoms with Crippen molar-refractivity contribution in [2.45, 2.75) is 25.8 Å². The van der Waals surface area contributed by atoms with Crippen LogP contribution in [-0.4, -0.2) is 36.0 Å². The molecular formula is C14H15FINO3. The summed E-state index contributed by atoms with van der Waals surface area (Å²) >= 11 is 1.93. The number of likely N-dealkylation sites (tertiary alicyclic amines) is 1. The minimum atomic E-state index is -0.525. The quantitative estimate of drug-likeness (QED) is 0.588. The van der Waals surface area contributed by atoms with Crippen LogP contribution in [0, 0.1) is 9.39 Å². The Labute approximate surface area is 130 Å². The van der Waals surface area contributed by atoms with Crippen molar-refractivity contribution in [1.29, 1.82) is 0 Å². The number of esters is 1. The van der Waals surface area contributed by atoms with Crippen molar-refractivity contribution < 1.29 is 18.7 Å². The molecule has 1 aromatic carbocycles. The summed E-state index contributed by atoms with van der Waals surface area (Å²) in [7, 11) is 0. The highest BCUT2D eigenvalue weighted by Gasteiger charge is 2.36. The van der Waals surface area contributed by atoms with Crippen LogP contribution in [0.25, 0.3) is 0 Å². The van der Waals surface area contributed by atoms with Crippen molar-refractivity contribution in [3.8, 4) is 0 Å². The predicted octanol–water partition coefficient (Wildman–Crippen LogP) is 2.60. The number of amides is 1. The Morgan fingerprint density at radius 2 is 2.25 bits per heavy atom. The fourth-order valence-corrected chi connectivity index (χ4v) is 3.02. The number of ether oxygens (including phenoxy) is 1. The molecule has 1 saturated heterocycles. The van der Waals surface area contributed by atoms with Crippen LogP contribution < -0.4 is 0 Å². The lowest BCUT2D eigenvalue weighted by atomic mass is 10.1. The molecule has 1 aliphatic rings. The monoisotopic (exact) mass is 391 g/mol. The molecule has 1 heterocycles. The molecule has 1 unspecified atom stereocenters. The molecule has 0 radical (unpaired) electrons.